The second-order valence-electron chi connectivity index (χ2n) is 9.55. The predicted molar refractivity (Wildman–Crippen MR) is 145 cm³/mol. The number of nitrogens with zero attached hydrogens (tertiary/aromatic N) is 4. The Morgan fingerprint density at radius 1 is 1.20 bits per heavy atom. The summed E-state index contributed by atoms with van der Waals surface area (Å²) in [5, 5.41) is 27.3. The molecule has 2 fully saturated rings. The van der Waals surface area contributed by atoms with Crippen molar-refractivity contribution < 1.29 is 39.0 Å². The molecule has 4 heterocycles. The second kappa shape index (κ2) is 11.1. The number of amidine groups is 1. The van der Waals surface area contributed by atoms with Crippen molar-refractivity contribution in [1.82, 2.24) is 15.1 Å². The van der Waals surface area contributed by atoms with Gasteiger partial charge < -0.3 is 31.0 Å². The highest BCUT2D eigenvalue weighted by Crippen LogP contribution is 2.38. The minimum atomic E-state index is -1.33. The van der Waals surface area contributed by atoms with Gasteiger partial charge in [0.15, 0.2) is 0 Å². The van der Waals surface area contributed by atoms with Crippen LogP contribution in [0.5, 0.6) is 5.75 Å². The SMILES string of the molecule is CC(=O)O/N=C(/C(=O)N[C@@H]1C(=O)N2C(C(=O)O)=C(/C=C3\CCN(c4ccc(O)cc4)C3=O)CC[C@H]12)N1C=CSC1N. The van der Waals surface area contributed by atoms with Crippen LogP contribution in [0.25, 0.3) is 0 Å². The number of thioether (sulfide) groups is 1. The Bertz CT molecular complexity index is 1450. The monoisotopic (exact) mass is 582 g/mol. The standard InChI is InChI=1S/C26H26N6O8S/c1-13(33)40-29-21(31-10-11-41-26(31)27)22(35)28-19-18-7-2-14(20(25(38)39)32(18)24(19)37)12-15-8-9-30(23(15)36)16-3-5-17(34)6-4-16/h3-6,10-12,18-19,26,34H,2,7-9,27H2,1H3,(H,28,35)(H,38,39)/b15-12+,29-21-/t18-,19+,26?/m1/s1. The van der Waals surface area contributed by atoms with Crippen LogP contribution in [0, 0.1) is 0 Å². The van der Waals surface area contributed by atoms with Gasteiger partial charge in [-0.25, -0.2) is 9.59 Å². The van der Waals surface area contributed by atoms with Crippen LogP contribution in [0.15, 0.2) is 63.9 Å². The van der Waals surface area contributed by atoms with Crippen LogP contribution >= 0.6 is 11.8 Å². The summed E-state index contributed by atoms with van der Waals surface area (Å²) in [6.45, 7) is 1.50. The van der Waals surface area contributed by atoms with Crippen molar-refractivity contribution in [3.05, 3.63) is 58.8 Å². The van der Waals surface area contributed by atoms with E-state index in [1.54, 1.807) is 17.5 Å². The molecule has 3 atom stereocenters. The summed E-state index contributed by atoms with van der Waals surface area (Å²) < 4.78 is 0. The number of hydrogen-bond donors (Lipinski definition) is 4. The number of β-lactam (4-membered cyclic amide) rings is 1. The van der Waals surface area contributed by atoms with Crippen molar-refractivity contribution >= 4 is 52.9 Å². The van der Waals surface area contributed by atoms with E-state index in [1.807, 2.05) is 0 Å². The number of phenolic OH excluding ortho intramolecular Hbond substituents is 1. The average molecular weight is 583 g/mol. The maximum atomic E-state index is 13.1. The van der Waals surface area contributed by atoms with Crippen LogP contribution in [0.1, 0.15) is 26.2 Å². The van der Waals surface area contributed by atoms with E-state index in [9.17, 15) is 34.2 Å². The number of phenols is 1. The predicted octanol–water partition coefficient (Wildman–Crippen LogP) is 0.522. The number of carbonyl (C=O) groups is 5. The van der Waals surface area contributed by atoms with Gasteiger partial charge in [-0.15, -0.1) is 0 Å². The molecule has 4 aliphatic rings. The van der Waals surface area contributed by atoms with E-state index in [0.29, 0.717) is 36.2 Å². The average Bonchev–Trinajstić information content (AvgIpc) is 3.52. The van der Waals surface area contributed by atoms with Crippen molar-refractivity contribution in [1.29, 1.82) is 0 Å². The number of aliphatic carboxylic acids is 1. The number of nitrogens with one attached hydrogen (secondary N) is 1. The van der Waals surface area contributed by atoms with Gasteiger partial charge >= 0.3 is 11.9 Å². The highest BCUT2D eigenvalue weighted by Gasteiger charge is 2.53. The molecule has 3 amide bonds. The van der Waals surface area contributed by atoms with E-state index < -0.39 is 41.3 Å². The molecule has 5 N–H and O–H groups in total. The lowest BCUT2D eigenvalue weighted by atomic mass is 9.83. The van der Waals surface area contributed by atoms with E-state index in [2.05, 4.69) is 15.3 Å². The maximum absolute atomic E-state index is 13.1. The van der Waals surface area contributed by atoms with Crippen LogP contribution in [0.3, 0.4) is 0 Å². The number of hydrogen-bond acceptors (Lipinski definition) is 10. The number of amides is 3. The van der Waals surface area contributed by atoms with Crippen molar-refractivity contribution in [3.63, 3.8) is 0 Å². The van der Waals surface area contributed by atoms with Crippen molar-refractivity contribution in [3.8, 4) is 5.75 Å². The quantitative estimate of drug-likeness (QED) is 0.0944. The summed E-state index contributed by atoms with van der Waals surface area (Å²) in [6, 6.07) is 4.50. The Labute approximate surface area is 237 Å². The molecule has 2 saturated heterocycles. The summed E-state index contributed by atoms with van der Waals surface area (Å²) in [7, 11) is 0. The fourth-order valence-electron chi connectivity index (χ4n) is 5.11. The highest BCUT2D eigenvalue weighted by molar-refractivity contribution is 8.02. The molecule has 5 rings (SSSR count). The molecule has 0 aliphatic carbocycles. The van der Waals surface area contributed by atoms with Gasteiger partial charge in [0, 0.05) is 30.9 Å². The fraction of sp³-hybridized carbons (Fsp3) is 0.308. The second-order valence-corrected chi connectivity index (χ2v) is 10.6. The number of aromatic hydroxyl groups is 1. The summed E-state index contributed by atoms with van der Waals surface area (Å²) in [5.41, 5.74) is 6.36. The van der Waals surface area contributed by atoms with Gasteiger partial charge in [0.05, 0.1) is 6.04 Å². The number of rotatable bonds is 5. The zero-order valence-electron chi connectivity index (χ0n) is 21.7. The molecule has 1 aromatic carbocycles. The molecule has 15 heteroatoms. The Balaban J connectivity index is 1.34. The molecule has 0 bridgehead atoms. The first-order valence-electron chi connectivity index (χ1n) is 12.6. The molecular weight excluding hydrogens is 556 g/mol. The molecule has 0 spiro atoms. The molecule has 41 heavy (non-hydrogen) atoms. The third kappa shape index (κ3) is 5.28. The van der Waals surface area contributed by atoms with Gasteiger partial charge in [-0.1, -0.05) is 16.9 Å². The largest absolute Gasteiger partial charge is 0.508 e. The minimum absolute atomic E-state index is 0.0706. The Morgan fingerprint density at radius 3 is 2.56 bits per heavy atom. The molecular formula is C26H26N6O8S. The smallest absolute Gasteiger partial charge is 0.352 e. The van der Waals surface area contributed by atoms with E-state index in [0.717, 1.165) is 11.8 Å². The van der Waals surface area contributed by atoms with E-state index in [4.69, 9.17) is 5.73 Å². The molecule has 214 valence electrons. The number of carboxylic acid groups (broad SMARTS) is 1. The summed E-state index contributed by atoms with van der Waals surface area (Å²) in [6.07, 6.45) is 3.97. The zero-order valence-corrected chi connectivity index (χ0v) is 22.5. The number of carboxylic acids is 1. The molecule has 0 aromatic heterocycles. The van der Waals surface area contributed by atoms with Crippen LogP contribution in [0.4, 0.5) is 5.69 Å². The fourth-order valence-corrected chi connectivity index (χ4v) is 5.77. The molecule has 14 nitrogen and oxygen atoms in total. The topological polar surface area (TPSA) is 195 Å². The number of benzene rings is 1. The van der Waals surface area contributed by atoms with Crippen LogP contribution in [0.2, 0.25) is 0 Å². The van der Waals surface area contributed by atoms with E-state index in [-0.39, 0.29) is 29.6 Å². The summed E-state index contributed by atoms with van der Waals surface area (Å²) in [5.74, 6) is -4.11. The van der Waals surface area contributed by atoms with E-state index in [1.165, 1.54) is 46.0 Å². The molecule has 0 saturated carbocycles. The van der Waals surface area contributed by atoms with Crippen molar-refractivity contribution in [2.75, 3.05) is 11.4 Å². The lowest BCUT2D eigenvalue weighted by Gasteiger charge is -2.50. The Hall–Kier alpha value is -4.63. The van der Waals surface area contributed by atoms with Crippen LogP contribution in [-0.4, -0.2) is 79.6 Å². The minimum Gasteiger partial charge on any atom is -0.508 e. The number of anilines is 1. The van der Waals surface area contributed by atoms with Gasteiger partial charge in [-0.05, 0) is 60.6 Å². The van der Waals surface area contributed by atoms with Gasteiger partial charge in [0.25, 0.3) is 17.7 Å². The third-order valence-electron chi connectivity index (χ3n) is 7.02. The Kier molecular flexibility index (Phi) is 7.55. The number of oxime groups is 1. The first kappa shape index (κ1) is 27.9. The van der Waals surface area contributed by atoms with Crippen LogP contribution < -0.4 is 16.0 Å². The number of allylic oxidation sites excluding steroid dienone is 2. The number of fused-ring (bicyclic) bond motifs is 1. The van der Waals surface area contributed by atoms with Gasteiger partial charge in [-0.2, -0.15) is 0 Å². The highest BCUT2D eigenvalue weighted by atomic mass is 32.2. The lowest BCUT2D eigenvalue weighted by molar-refractivity contribution is -0.155. The van der Waals surface area contributed by atoms with Gasteiger partial charge in [0.1, 0.15) is 23.0 Å². The lowest BCUT2D eigenvalue weighted by Crippen LogP contribution is -2.72. The third-order valence-corrected chi connectivity index (χ3v) is 7.80. The van der Waals surface area contributed by atoms with Crippen molar-refractivity contribution in [2.45, 2.75) is 43.8 Å². The number of nitrogens with two attached hydrogens (primary N) is 1. The molecule has 0 radical (unpaired) electrons. The molecule has 4 aliphatic heterocycles. The zero-order chi connectivity index (χ0) is 29.4. The molecule has 1 unspecified atom stereocenters. The first-order chi connectivity index (χ1) is 19.6. The van der Waals surface area contributed by atoms with Gasteiger partial charge in [0.2, 0.25) is 5.84 Å². The summed E-state index contributed by atoms with van der Waals surface area (Å²) in [4.78, 5) is 71.4. The van der Waals surface area contributed by atoms with Gasteiger partial charge in [-0.3, -0.25) is 24.2 Å². The normalized spacial score (nSPS) is 25.0. The summed E-state index contributed by atoms with van der Waals surface area (Å²) >= 11 is 1.19. The number of carbonyl (C=O) groups excluding carboxylic acids is 4. The first-order valence-corrected chi connectivity index (χ1v) is 13.5. The Morgan fingerprint density at radius 2 is 1.93 bits per heavy atom. The molecule has 1 aromatic rings. The van der Waals surface area contributed by atoms with E-state index >= 15 is 0 Å². The maximum Gasteiger partial charge on any atom is 0.352 e. The van der Waals surface area contributed by atoms with Crippen molar-refractivity contribution in [2.24, 2.45) is 10.9 Å². The van der Waals surface area contributed by atoms with Crippen LogP contribution in [-0.2, 0) is 28.8 Å².